The Morgan fingerprint density at radius 3 is 2.25 bits per heavy atom. The Morgan fingerprint density at radius 2 is 1.65 bits per heavy atom. The first kappa shape index (κ1) is 44.6. The molecule has 1 aliphatic heterocycles. The molecule has 0 spiro atoms. The third-order valence-electron chi connectivity index (χ3n) is 9.72. The van der Waals surface area contributed by atoms with Crippen LogP contribution in [0.4, 0.5) is 9.59 Å². The molecule has 0 saturated carbocycles. The Labute approximate surface area is 310 Å². The quantitative estimate of drug-likeness (QED) is 0.0717. The first-order chi connectivity index (χ1) is 24.5. The van der Waals surface area contributed by atoms with E-state index in [1.165, 1.54) is 4.90 Å². The summed E-state index contributed by atoms with van der Waals surface area (Å²) in [6.45, 7) is 16.1. The van der Waals surface area contributed by atoms with E-state index >= 15 is 0 Å². The van der Waals surface area contributed by atoms with Gasteiger partial charge in [0.2, 0.25) is 12.7 Å². The van der Waals surface area contributed by atoms with Gasteiger partial charge in [-0.1, -0.05) is 61.5 Å². The molecule has 296 valence electrons. The van der Waals surface area contributed by atoms with Crippen molar-refractivity contribution in [2.24, 2.45) is 40.7 Å². The summed E-state index contributed by atoms with van der Waals surface area (Å²) in [5.41, 5.74) is 5.81. The second kappa shape index (κ2) is 21.8. The minimum absolute atomic E-state index is 0.0119. The highest BCUT2D eigenvalue weighted by molar-refractivity contribution is 5.84. The van der Waals surface area contributed by atoms with Gasteiger partial charge in [0, 0.05) is 37.9 Å². The van der Waals surface area contributed by atoms with Gasteiger partial charge in [0.15, 0.2) is 11.5 Å². The van der Waals surface area contributed by atoms with Crippen molar-refractivity contribution >= 4 is 23.9 Å². The van der Waals surface area contributed by atoms with Crippen molar-refractivity contribution in [3.63, 3.8) is 0 Å². The lowest BCUT2D eigenvalue weighted by Crippen LogP contribution is -2.43. The summed E-state index contributed by atoms with van der Waals surface area (Å²) in [6, 6.07) is 5.47. The molecule has 0 radical (unpaired) electrons. The molecule has 2 rings (SSSR count). The van der Waals surface area contributed by atoms with E-state index in [1.807, 2.05) is 45.9 Å². The van der Waals surface area contributed by atoms with Crippen molar-refractivity contribution in [1.82, 2.24) is 4.90 Å². The van der Waals surface area contributed by atoms with Crippen LogP contribution in [0.15, 0.2) is 18.2 Å². The number of nitrogens with zero attached hydrogens (tertiary/aromatic N) is 1. The topological polar surface area (TPSA) is 162 Å². The largest absolute Gasteiger partial charge is 0.511 e. The standard InChI is InChI=1S/C39H64N2O11/c1-25(2)22-49-38(45)52-24-51-37(44)41-23-50-34(21-30(27(5)6)32(42)14-15-39(7,8)36(40)43)31(41)20-29(26(3)4)18-28-12-13-33(47-10)35(19-28)48-17-11-16-46-9/h12-13,19,25-27,29-31,34H,11,14-18,20-24H2,1-10H3,(H2,40,43)/t29-,30-,31-,34-/m0/s1. The second-order valence-corrected chi connectivity index (χ2v) is 15.4. The van der Waals surface area contributed by atoms with Crippen molar-refractivity contribution in [2.45, 2.75) is 106 Å². The predicted molar refractivity (Wildman–Crippen MR) is 196 cm³/mol. The van der Waals surface area contributed by atoms with E-state index in [9.17, 15) is 19.2 Å². The van der Waals surface area contributed by atoms with Crippen LogP contribution in [0.25, 0.3) is 0 Å². The molecule has 1 aromatic rings. The van der Waals surface area contributed by atoms with Gasteiger partial charge in [0.25, 0.3) is 0 Å². The number of nitrogens with two attached hydrogens (primary N) is 1. The molecule has 13 heteroatoms. The van der Waals surface area contributed by atoms with Gasteiger partial charge in [-0.3, -0.25) is 14.5 Å². The Bertz CT molecular complexity index is 1280. The Kier molecular flexibility index (Phi) is 18.7. The number of ketones is 1. The van der Waals surface area contributed by atoms with Crippen LogP contribution >= 0.6 is 0 Å². The van der Waals surface area contributed by atoms with Crippen LogP contribution in [-0.2, 0) is 39.7 Å². The fourth-order valence-electron chi connectivity index (χ4n) is 6.08. The molecule has 13 nitrogen and oxygen atoms in total. The van der Waals surface area contributed by atoms with Crippen molar-refractivity contribution in [3.05, 3.63) is 23.8 Å². The highest BCUT2D eigenvalue weighted by Gasteiger charge is 2.43. The highest BCUT2D eigenvalue weighted by Crippen LogP contribution is 2.36. The van der Waals surface area contributed by atoms with Gasteiger partial charge < -0.3 is 38.9 Å². The number of carbonyl (C=O) groups excluding carboxylic acids is 4. The molecular formula is C39H64N2O11. The van der Waals surface area contributed by atoms with Crippen LogP contribution in [0.1, 0.15) is 93.1 Å². The van der Waals surface area contributed by atoms with Crippen LogP contribution < -0.4 is 15.2 Å². The number of Topliss-reactive ketones (excluding diaryl/α,β-unsaturated/α-hetero) is 1. The van der Waals surface area contributed by atoms with E-state index in [0.29, 0.717) is 50.4 Å². The number of hydrogen-bond donors (Lipinski definition) is 1. The molecule has 0 aliphatic carbocycles. The van der Waals surface area contributed by atoms with Crippen LogP contribution in [-0.4, -0.2) is 88.5 Å². The van der Waals surface area contributed by atoms with Crippen molar-refractivity contribution in [3.8, 4) is 11.5 Å². The lowest BCUT2D eigenvalue weighted by atomic mass is 9.78. The molecule has 1 heterocycles. The number of amides is 2. The van der Waals surface area contributed by atoms with E-state index in [1.54, 1.807) is 28.1 Å². The Balaban J connectivity index is 2.33. The zero-order valence-corrected chi connectivity index (χ0v) is 33.1. The van der Waals surface area contributed by atoms with Crippen molar-refractivity contribution < 1.29 is 52.3 Å². The number of rotatable bonds is 23. The smallest absolute Gasteiger partial charge is 0.493 e. The van der Waals surface area contributed by atoms with Gasteiger partial charge in [0.05, 0.1) is 32.5 Å². The molecule has 0 bridgehead atoms. The minimum Gasteiger partial charge on any atom is -0.493 e. The molecule has 1 aromatic carbocycles. The Morgan fingerprint density at radius 1 is 0.942 bits per heavy atom. The molecule has 1 fully saturated rings. The van der Waals surface area contributed by atoms with E-state index in [2.05, 4.69) is 13.8 Å². The summed E-state index contributed by atoms with van der Waals surface area (Å²) in [5.74, 6) is 0.903. The van der Waals surface area contributed by atoms with Gasteiger partial charge in [-0.15, -0.1) is 0 Å². The molecule has 2 N–H and O–H groups in total. The summed E-state index contributed by atoms with van der Waals surface area (Å²) in [7, 11) is 3.26. The zero-order chi connectivity index (χ0) is 39.0. The fraction of sp³-hybridized carbons (Fsp3) is 0.744. The van der Waals surface area contributed by atoms with E-state index in [-0.39, 0.29) is 55.1 Å². The maximum absolute atomic E-state index is 13.6. The third-order valence-corrected chi connectivity index (χ3v) is 9.72. The summed E-state index contributed by atoms with van der Waals surface area (Å²) < 4.78 is 38.4. The van der Waals surface area contributed by atoms with Crippen LogP contribution in [0.5, 0.6) is 11.5 Å². The van der Waals surface area contributed by atoms with Crippen LogP contribution in [0, 0.1) is 35.0 Å². The molecule has 2 amide bonds. The lowest BCUT2D eigenvalue weighted by Gasteiger charge is -2.33. The number of ether oxygens (including phenoxy) is 7. The summed E-state index contributed by atoms with van der Waals surface area (Å²) >= 11 is 0. The van der Waals surface area contributed by atoms with Crippen LogP contribution in [0.3, 0.4) is 0 Å². The molecular weight excluding hydrogens is 672 g/mol. The van der Waals surface area contributed by atoms with Gasteiger partial charge in [-0.05, 0) is 67.1 Å². The normalized spacial score (nSPS) is 17.3. The van der Waals surface area contributed by atoms with Gasteiger partial charge in [0.1, 0.15) is 12.5 Å². The SMILES string of the molecule is COCCCOc1cc(C[C@@H](C[C@H]2[C@H](C[C@H](C(=O)CCC(C)(C)C(N)=O)C(C)C)OCN2C(=O)OCOC(=O)OCC(C)C)C(C)C)ccc1OC. The van der Waals surface area contributed by atoms with E-state index < -0.39 is 42.5 Å². The molecule has 0 aromatic heterocycles. The van der Waals surface area contributed by atoms with Crippen LogP contribution in [0.2, 0.25) is 0 Å². The van der Waals surface area contributed by atoms with Gasteiger partial charge in [-0.25, -0.2) is 9.59 Å². The maximum atomic E-state index is 13.6. The fourth-order valence-corrected chi connectivity index (χ4v) is 6.08. The average Bonchev–Trinajstić information content (AvgIpc) is 3.48. The highest BCUT2D eigenvalue weighted by atomic mass is 16.8. The number of primary amides is 1. The molecule has 1 saturated heterocycles. The molecule has 4 atom stereocenters. The number of methoxy groups -OCH3 is 2. The second-order valence-electron chi connectivity index (χ2n) is 15.4. The van der Waals surface area contributed by atoms with Gasteiger partial charge >= 0.3 is 12.2 Å². The summed E-state index contributed by atoms with van der Waals surface area (Å²) in [6.07, 6.45) is 0.807. The Hall–Kier alpha value is -3.58. The van der Waals surface area contributed by atoms with E-state index in [0.717, 1.165) is 12.0 Å². The number of hydrogen-bond acceptors (Lipinski definition) is 11. The molecule has 1 aliphatic rings. The maximum Gasteiger partial charge on any atom is 0.511 e. The molecule has 0 unspecified atom stereocenters. The number of carbonyl (C=O) groups is 4. The molecule has 52 heavy (non-hydrogen) atoms. The average molecular weight is 737 g/mol. The van der Waals surface area contributed by atoms with Crippen molar-refractivity contribution in [2.75, 3.05) is 47.6 Å². The first-order valence-corrected chi connectivity index (χ1v) is 18.5. The summed E-state index contributed by atoms with van der Waals surface area (Å²) in [4.78, 5) is 52.5. The third kappa shape index (κ3) is 14.4. The first-order valence-electron chi connectivity index (χ1n) is 18.5. The van der Waals surface area contributed by atoms with Gasteiger partial charge in [-0.2, -0.15) is 0 Å². The van der Waals surface area contributed by atoms with Crippen molar-refractivity contribution in [1.29, 1.82) is 0 Å². The zero-order valence-electron chi connectivity index (χ0n) is 33.1. The predicted octanol–water partition coefficient (Wildman–Crippen LogP) is 6.77. The number of benzene rings is 1. The monoisotopic (exact) mass is 736 g/mol. The minimum atomic E-state index is -0.923. The summed E-state index contributed by atoms with van der Waals surface area (Å²) in [5, 5.41) is 0. The lowest BCUT2D eigenvalue weighted by molar-refractivity contribution is -0.129. The van der Waals surface area contributed by atoms with E-state index in [4.69, 9.17) is 38.9 Å².